The standard InChI is InChI=1S/C12H16F2N2O/c1-2-3-7-17-8-6-16-12-10(15)5-4-9(13)11(12)14/h2,4-5,16H,1,3,6-8,15H2. The summed E-state index contributed by atoms with van der Waals surface area (Å²) in [5.74, 6) is -1.88. The van der Waals surface area contributed by atoms with E-state index in [2.05, 4.69) is 11.9 Å². The lowest BCUT2D eigenvalue weighted by atomic mass is 10.2. The molecule has 0 aliphatic rings. The molecule has 0 unspecified atom stereocenters. The van der Waals surface area contributed by atoms with Crippen LogP contribution in [0.15, 0.2) is 24.8 Å². The van der Waals surface area contributed by atoms with E-state index >= 15 is 0 Å². The number of hydrogen-bond donors (Lipinski definition) is 2. The van der Waals surface area contributed by atoms with Crippen molar-refractivity contribution in [2.24, 2.45) is 0 Å². The van der Waals surface area contributed by atoms with Crippen LogP contribution in [-0.2, 0) is 4.74 Å². The molecule has 0 aliphatic carbocycles. The molecule has 3 nitrogen and oxygen atoms in total. The molecule has 0 saturated carbocycles. The van der Waals surface area contributed by atoms with Crippen LogP contribution in [0.5, 0.6) is 0 Å². The van der Waals surface area contributed by atoms with Gasteiger partial charge in [-0.05, 0) is 18.6 Å². The summed E-state index contributed by atoms with van der Waals surface area (Å²) in [5, 5.41) is 2.71. The zero-order valence-corrected chi connectivity index (χ0v) is 9.51. The summed E-state index contributed by atoms with van der Waals surface area (Å²) >= 11 is 0. The predicted molar refractivity (Wildman–Crippen MR) is 64.9 cm³/mol. The second kappa shape index (κ2) is 6.85. The van der Waals surface area contributed by atoms with Gasteiger partial charge < -0.3 is 15.8 Å². The molecule has 1 aromatic rings. The molecular weight excluding hydrogens is 226 g/mol. The van der Waals surface area contributed by atoms with E-state index in [1.54, 1.807) is 6.08 Å². The molecule has 0 atom stereocenters. The van der Waals surface area contributed by atoms with Gasteiger partial charge in [0.05, 0.1) is 24.6 Å². The maximum absolute atomic E-state index is 13.3. The molecular formula is C12H16F2N2O. The molecule has 1 rings (SSSR count). The van der Waals surface area contributed by atoms with Crippen LogP contribution in [0.4, 0.5) is 20.2 Å². The first-order chi connectivity index (χ1) is 8.16. The minimum atomic E-state index is -0.962. The summed E-state index contributed by atoms with van der Waals surface area (Å²) in [6.07, 6.45) is 2.51. The number of nitrogen functional groups attached to an aromatic ring is 1. The van der Waals surface area contributed by atoms with Crippen molar-refractivity contribution in [3.8, 4) is 0 Å². The molecule has 0 heterocycles. The molecule has 0 radical (unpaired) electrons. The molecule has 3 N–H and O–H groups in total. The topological polar surface area (TPSA) is 47.3 Å². The highest BCUT2D eigenvalue weighted by molar-refractivity contribution is 5.66. The molecule has 17 heavy (non-hydrogen) atoms. The lowest BCUT2D eigenvalue weighted by molar-refractivity contribution is 0.149. The minimum absolute atomic E-state index is 0.0164. The Balaban J connectivity index is 2.41. The van der Waals surface area contributed by atoms with Gasteiger partial charge in [0.2, 0.25) is 0 Å². The average molecular weight is 242 g/mol. The summed E-state index contributed by atoms with van der Waals surface area (Å²) < 4.78 is 31.5. The number of benzene rings is 1. The van der Waals surface area contributed by atoms with Crippen molar-refractivity contribution < 1.29 is 13.5 Å². The van der Waals surface area contributed by atoms with Crippen LogP contribution in [-0.4, -0.2) is 19.8 Å². The summed E-state index contributed by atoms with van der Waals surface area (Å²) in [5.41, 5.74) is 5.69. The lowest BCUT2D eigenvalue weighted by Gasteiger charge is -2.10. The SMILES string of the molecule is C=CCCOCCNc1c(N)ccc(F)c1F. The van der Waals surface area contributed by atoms with Crippen molar-refractivity contribution in [1.29, 1.82) is 0 Å². The monoisotopic (exact) mass is 242 g/mol. The minimum Gasteiger partial charge on any atom is -0.397 e. The van der Waals surface area contributed by atoms with E-state index < -0.39 is 11.6 Å². The van der Waals surface area contributed by atoms with Crippen LogP contribution in [0, 0.1) is 11.6 Å². The zero-order valence-electron chi connectivity index (χ0n) is 9.51. The van der Waals surface area contributed by atoms with E-state index in [9.17, 15) is 8.78 Å². The number of anilines is 2. The number of halogens is 2. The van der Waals surface area contributed by atoms with Crippen molar-refractivity contribution in [1.82, 2.24) is 0 Å². The average Bonchev–Trinajstić information content (AvgIpc) is 2.32. The normalized spacial score (nSPS) is 10.2. The molecule has 0 aliphatic heterocycles. The van der Waals surface area contributed by atoms with Crippen molar-refractivity contribution in [3.63, 3.8) is 0 Å². The highest BCUT2D eigenvalue weighted by Gasteiger charge is 2.10. The Hall–Kier alpha value is -1.62. The van der Waals surface area contributed by atoms with Crippen molar-refractivity contribution >= 4 is 11.4 Å². The van der Waals surface area contributed by atoms with Gasteiger partial charge in [-0.25, -0.2) is 8.78 Å². The van der Waals surface area contributed by atoms with Gasteiger partial charge in [-0.15, -0.1) is 6.58 Å². The first kappa shape index (κ1) is 13.4. The van der Waals surface area contributed by atoms with Gasteiger partial charge in [0, 0.05) is 6.54 Å². The Morgan fingerprint density at radius 1 is 1.35 bits per heavy atom. The van der Waals surface area contributed by atoms with Gasteiger partial charge in [0.1, 0.15) is 0 Å². The number of rotatable bonds is 7. The highest BCUT2D eigenvalue weighted by atomic mass is 19.2. The van der Waals surface area contributed by atoms with Gasteiger partial charge in [-0.2, -0.15) is 0 Å². The number of ether oxygens (including phenoxy) is 1. The highest BCUT2D eigenvalue weighted by Crippen LogP contribution is 2.24. The Bertz CT molecular complexity index is 383. The third-order valence-corrected chi connectivity index (χ3v) is 2.14. The zero-order chi connectivity index (χ0) is 12.7. The van der Waals surface area contributed by atoms with E-state index in [1.807, 2.05) is 0 Å². The van der Waals surface area contributed by atoms with Crippen LogP contribution in [0.1, 0.15) is 6.42 Å². The fraction of sp³-hybridized carbons (Fsp3) is 0.333. The van der Waals surface area contributed by atoms with Crippen LogP contribution in [0.2, 0.25) is 0 Å². The molecule has 0 amide bonds. The summed E-state index contributed by atoms with van der Waals surface area (Å²) in [4.78, 5) is 0. The maximum atomic E-state index is 13.3. The van der Waals surface area contributed by atoms with Crippen LogP contribution >= 0.6 is 0 Å². The summed E-state index contributed by atoms with van der Waals surface area (Å²) in [6.45, 7) is 4.87. The van der Waals surface area contributed by atoms with Crippen molar-refractivity contribution in [2.75, 3.05) is 30.8 Å². The Labute approximate surface area is 99.3 Å². The van der Waals surface area contributed by atoms with Gasteiger partial charge >= 0.3 is 0 Å². The number of hydrogen-bond acceptors (Lipinski definition) is 3. The number of nitrogens with two attached hydrogens (primary N) is 1. The van der Waals surface area contributed by atoms with E-state index in [4.69, 9.17) is 10.5 Å². The molecule has 94 valence electrons. The molecule has 0 spiro atoms. The van der Waals surface area contributed by atoms with Gasteiger partial charge in [-0.3, -0.25) is 0 Å². The quantitative estimate of drug-likeness (QED) is 0.439. The fourth-order valence-corrected chi connectivity index (χ4v) is 1.26. The van der Waals surface area contributed by atoms with E-state index in [-0.39, 0.29) is 11.4 Å². The molecule has 0 fully saturated rings. The largest absolute Gasteiger partial charge is 0.397 e. The maximum Gasteiger partial charge on any atom is 0.183 e. The van der Waals surface area contributed by atoms with Crippen LogP contribution in [0.25, 0.3) is 0 Å². The fourth-order valence-electron chi connectivity index (χ4n) is 1.26. The summed E-state index contributed by atoms with van der Waals surface area (Å²) in [6, 6.07) is 2.32. The van der Waals surface area contributed by atoms with Gasteiger partial charge in [0.15, 0.2) is 11.6 Å². The Morgan fingerprint density at radius 3 is 2.82 bits per heavy atom. The van der Waals surface area contributed by atoms with E-state index in [0.29, 0.717) is 19.8 Å². The summed E-state index contributed by atoms with van der Waals surface area (Å²) in [7, 11) is 0. The second-order valence-corrected chi connectivity index (χ2v) is 3.44. The van der Waals surface area contributed by atoms with Crippen molar-refractivity contribution in [2.45, 2.75) is 6.42 Å². The second-order valence-electron chi connectivity index (χ2n) is 3.44. The molecule has 0 aromatic heterocycles. The van der Waals surface area contributed by atoms with Gasteiger partial charge in [0.25, 0.3) is 0 Å². The smallest absolute Gasteiger partial charge is 0.183 e. The molecule has 1 aromatic carbocycles. The van der Waals surface area contributed by atoms with Crippen LogP contribution in [0.3, 0.4) is 0 Å². The van der Waals surface area contributed by atoms with Crippen molar-refractivity contribution in [3.05, 3.63) is 36.4 Å². The molecule has 5 heteroatoms. The van der Waals surface area contributed by atoms with Crippen LogP contribution < -0.4 is 11.1 Å². The van der Waals surface area contributed by atoms with Gasteiger partial charge in [-0.1, -0.05) is 6.08 Å². The first-order valence-electron chi connectivity index (χ1n) is 5.32. The van der Waals surface area contributed by atoms with E-state index in [0.717, 1.165) is 12.5 Å². The Kier molecular flexibility index (Phi) is 5.42. The lowest BCUT2D eigenvalue weighted by Crippen LogP contribution is -2.12. The van der Waals surface area contributed by atoms with E-state index in [1.165, 1.54) is 6.07 Å². The third-order valence-electron chi connectivity index (χ3n) is 2.14. The molecule has 0 bridgehead atoms. The number of nitrogens with one attached hydrogen (secondary N) is 1. The molecule has 0 saturated heterocycles. The predicted octanol–water partition coefficient (Wildman–Crippen LogP) is 2.55. The Morgan fingerprint density at radius 2 is 2.12 bits per heavy atom. The first-order valence-corrected chi connectivity index (χ1v) is 5.32. The third kappa shape index (κ3) is 4.03.